The zero-order valence-electron chi connectivity index (χ0n) is 16.4. The minimum absolute atomic E-state index is 0.170. The van der Waals surface area contributed by atoms with Crippen LogP contribution in [0.3, 0.4) is 0 Å². The van der Waals surface area contributed by atoms with E-state index in [-0.39, 0.29) is 11.5 Å². The topological polar surface area (TPSA) is 69.9 Å². The van der Waals surface area contributed by atoms with E-state index in [1.54, 1.807) is 24.3 Å². The van der Waals surface area contributed by atoms with Gasteiger partial charge in [-0.05, 0) is 75.6 Å². The molecule has 0 saturated carbocycles. The molecule has 3 N–H and O–H groups in total. The molecular weight excluding hydrogens is 388 g/mol. The lowest BCUT2D eigenvalue weighted by atomic mass is 9.77. The first kappa shape index (κ1) is 17.8. The molecule has 1 aliphatic rings. The lowest BCUT2D eigenvalue weighted by Gasteiger charge is -2.37. The minimum Gasteiger partial charge on any atom is -0.508 e. The summed E-state index contributed by atoms with van der Waals surface area (Å²) in [5.41, 5.74) is 0.588. The smallest absolute Gasteiger partial charge is 0.147 e. The van der Waals surface area contributed by atoms with Crippen molar-refractivity contribution in [3.63, 3.8) is 0 Å². The molecule has 5 aromatic carbocycles. The zero-order valence-corrected chi connectivity index (χ0v) is 16.4. The molecule has 5 aromatic rings. The number of fused-ring (bicyclic) bond motifs is 4. The van der Waals surface area contributed by atoms with E-state index in [1.807, 2.05) is 66.7 Å². The molecule has 0 spiro atoms. The van der Waals surface area contributed by atoms with Gasteiger partial charge in [0.05, 0.1) is 0 Å². The summed E-state index contributed by atoms with van der Waals surface area (Å²) in [5.74, 6) is 1.39. The Hall–Kier alpha value is -4.02. The third kappa shape index (κ3) is 2.59. The summed E-state index contributed by atoms with van der Waals surface area (Å²) in [6.07, 6.45) is 0. The highest BCUT2D eigenvalue weighted by Crippen LogP contribution is 2.52. The van der Waals surface area contributed by atoms with E-state index >= 15 is 0 Å². The molecule has 4 nitrogen and oxygen atoms in total. The van der Waals surface area contributed by atoms with Crippen LogP contribution < -0.4 is 4.74 Å². The van der Waals surface area contributed by atoms with E-state index in [1.165, 1.54) is 0 Å². The summed E-state index contributed by atoms with van der Waals surface area (Å²) in [5, 5.41) is 35.5. The number of aromatic hydroxyl groups is 2. The largest absolute Gasteiger partial charge is 0.508 e. The maximum atomic E-state index is 12.3. The molecule has 0 bridgehead atoms. The van der Waals surface area contributed by atoms with E-state index in [4.69, 9.17) is 4.74 Å². The van der Waals surface area contributed by atoms with Crippen LogP contribution in [0, 0.1) is 0 Å². The standard InChI is InChI=1S/C27H18O4/c28-21-8-6-16-12-23-25(14-18(16)10-21)31-26-15-19-11-22(29)9-7-17(19)13-24(26)27(23,30)20-4-2-1-3-5-20/h1-15,28-30H. The maximum absolute atomic E-state index is 12.3. The van der Waals surface area contributed by atoms with Gasteiger partial charge < -0.3 is 20.1 Å². The summed E-state index contributed by atoms with van der Waals surface area (Å²) < 4.78 is 6.27. The molecule has 0 aliphatic carbocycles. The van der Waals surface area contributed by atoms with Crippen LogP contribution in [0.5, 0.6) is 23.0 Å². The van der Waals surface area contributed by atoms with Gasteiger partial charge >= 0.3 is 0 Å². The highest BCUT2D eigenvalue weighted by molar-refractivity contribution is 5.90. The fraction of sp³-hybridized carbons (Fsp3) is 0.0370. The van der Waals surface area contributed by atoms with Crippen molar-refractivity contribution in [3.05, 3.63) is 108 Å². The van der Waals surface area contributed by atoms with Gasteiger partial charge in [-0.3, -0.25) is 0 Å². The molecule has 0 amide bonds. The molecule has 1 aliphatic heterocycles. The average molecular weight is 406 g/mol. The molecule has 0 unspecified atom stereocenters. The Morgan fingerprint density at radius 2 is 1.06 bits per heavy atom. The normalized spacial score (nSPS) is 14.1. The lowest BCUT2D eigenvalue weighted by molar-refractivity contribution is 0.113. The van der Waals surface area contributed by atoms with Crippen molar-refractivity contribution in [1.82, 2.24) is 0 Å². The monoisotopic (exact) mass is 406 g/mol. The van der Waals surface area contributed by atoms with Crippen LogP contribution in [0.15, 0.2) is 91.0 Å². The first-order valence-electron chi connectivity index (χ1n) is 10.0. The Labute approximate surface area is 178 Å². The number of ether oxygens (including phenoxy) is 1. The van der Waals surface area contributed by atoms with Crippen molar-refractivity contribution in [2.45, 2.75) is 5.60 Å². The van der Waals surface area contributed by atoms with Crippen molar-refractivity contribution in [3.8, 4) is 23.0 Å². The van der Waals surface area contributed by atoms with E-state index in [0.29, 0.717) is 22.6 Å². The highest BCUT2D eigenvalue weighted by Gasteiger charge is 2.42. The predicted molar refractivity (Wildman–Crippen MR) is 120 cm³/mol. The quantitative estimate of drug-likeness (QED) is 0.329. The van der Waals surface area contributed by atoms with Gasteiger partial charge in [0, 0.05) is 11.1 Å². The second-order valence-electron chi connectivity index (χ2n) is 7.94. The molecule has 0 aromatic heterocycles. The second-order valence-corrected chi connectivity index (χ2v) is 7.94. The van der Waals surface area contributed by atoms with Crippen LogP contribution in [-0.4, -0.2) is 15.3 Å². The first-order chi connectivity index (χ1) is 15.0. The zero-order chi connectivity index (χ0) is 21.2. The van der Waals surface area contributed by atoms with E-state index in [9.17, 15) is 15.3 Å². The van der Waals surface area contributed by atoms with Crippen LogP contribution in [0.1, 0.15) is 16.7 Å². The van der Waals surface area contributed by atoms with Crippen LogP contribution >= 0.6 is 0 Å². The van der Waals surface area contributed by atoms with E-state index < -0.39 is 5.60 Å². The summed E-state index contributed by atoms with van der Waals surface area (Å²) in [6, 6.07) is 27.3. The summed E-state index contributed by atoms with van der Waals surface area (Å²) in [6.45, 7) is 0. The van der Waals surface area contributed by atoms with Crippen molar-refractivity contribution >= 4 is 21.5 Å². The van der Waals surface area contributed by atoms with Crippen LogP contribution in [0.2, 0.25) is 0 Å². The number of phenols is 2. The van der Waals surface area contributed by atoms with Gasteiger partial charge in [-0.15, -0.1) is 0 Å². The van der Waals surface area contributed by atoms with Crippen LogP contribution in [0.25, 0.3) is 21.5 Å². The maximum Gasteiger partial charge on any atom is 0.147 e. The Bertz CT molecular complexity index is 1400. The Balaban J connectivity index is 1.71. The third-order valence-electron chi connectivity index (χ3n) is 6.04. The Morgan fingerprint density at radius 1 is 0.548 bits per heavy atom. The van der Waals surface area contributed by atoms with E-state index in [2.05, 4.69) is 0 Å². The van der Waals surface area contributed by atoms with Crippen LogP contribution in [-0.2, 0) is 5.60 Å². The SMILES string of the molecule is Oc1ccc2cc3c(cc2c1)Oc1cc2cc(O)ccc2cc1C3(O)c1ccccc1. The Kier molecular flexibility index (Phi) is 3.58. The molecule has 31 heavy (non-hydrogen) atoms. The van der Waals surface area contributed by atoms with Gasteiger partial charge in [0.25, 0.3) is 0 Å². The molecule has 150 valence electrons. The fourth-order valence-electron chi connectivity index (χ4n) is 4.52. The number of aliphatic hydroxyl groups is 1. The second kappa shape index (κ2) is 6.24. The number of benzene rings is 5. The van der Waals surface area contributed by atoms with Crippen molar-refractivity contribution in [2.75, 3.05) is 0 Å². The highest BCUT2D eigenvalue weighted by atomic mass is 16.5. The van der Waals surface area contributed by atoms with Crippen molar-refractivity contribution < 1.29 is 20.1 Å². The Morgan fingerprint density at radius 3 is 1.58 bits per heavy atom. The van der Waals surface area contributed by atoms with Gasteiger partial charge in [-0.1, -0.05) is 42.5 Å². The number of rotatable bonds is 1. The van der Waals surface area contributed by atoms with Gasteiger partial charge in [0.1, 0.15) is 28.6 Å². The van der Waals surface area contributed by atoms with Crippen molar-refractivity contribution in [1.29, 1.82) is 0 Å². The number of hydrogen-bond donors (Lipinski definition) is 3. The van der Waals surface area contributed by atoms with Crippen molar-refractivity contribution in [2.24, 2.45) is 0 Å². The van der Waals surface area contributed by atoms with Gasteiger partial charge in [-0.25, -0.2) is 0 Å². The number of hydrogen-bond acceptors (Lipinski definition) is 4. The number of phenolic OH excluding ortho intramolecular Hbond substituents is 2. The first-order valence-corrected chi connectivity index (χ1v) is 10.0. The average Bonchev–Trinajstić information content (AvgIpc) is 2.77. The van der Waals surface area contributed by atoms with Crippen LogP contribution in [0.4, 0.5) is 0 Å². The molecule has 0 fully saturated rings. The minimum atomic E-state index is -1.43. The summed E-state index contributed by atoms with van der Waals surface area (Å²) in [7, 11) is 0. The molecule has 0 saturated heterocycles. The molecule has 6 rings (SSSR count). The molecule has 4 heteroatoms. The molecule has 0 radical (unpaired) electrons. The van der Waals surface area contributed by atoms with Gasteiger partial charge in [0.15, 0.2) is 0 Å². The lowest BCUT2D eigenvalue weighted by Crippen LogP contribution is -2.32. The van der Waals surface area contributed by atoms with Gasteiger partial charge in [-0.2, -0.15) is 0 Å². The predicted octanol–water partition coefficient (Wildman–Crippen LogP) is 5.79. The summed E-state index contributed by atoms with van der Waals surface area (Å²) in [4.78, 5) is 0. The van der Waals surface area contributed by atoms with E-state index in [0.717, 1.165) is 27.1 Å². The molecular formula is C27H18O4. The third-order valence-corrected chi connectivity index (χ3v) is 6.04. The molecule has 0 atom stereocenters. The molecule has 1 heterocycles. The fourth-order valence-corrected chi connectivity index (χ4v) is 4.52. The van der Waals surface area contributed by atoms with Gasteiger partial charge in [0.2, 0.25) is 0 Å². The summed E-state index contributed by atoms with van der Waals surface area (Å²) >= 11 is 0.